The molecule has 0 fully saturated rings. The largest absolute Gasteiger partial charge is 0.629 e. The second-order valence-corrected chi connectivity index (χ2v) is 4.02. The summed E-state index contributed by atoms with van der Waals surface area (Å²) in [6.45, 7) is 4.44. The van der Waals surface area contributed by atoms with Crippen LogP contribution in [0.5, 0.6) is 5.75 Å². The number of hydrogen-bond donors (Lipinski definition) is 1. The lowest BCUT2D eigenvalue weighted by molar-refractivity contribution is -0.780. The Morgan fingerprint density at radius 3 is 3.06 bits per heavy atom. The van der Waals surface area contributed by atoms with Crippen LogP contribution in [0.25, 0.3) is 0 Å². The number of nitrogens with zero attached hydrogens (tertiary/aromatic N) is 1. The molecule has 1 aromatic rings. The minimum absolute atomic E-state index is 0.0168. The third-order valence-corrected chi connectivity index (χ3v) is 2.76. The van der Waals surface area contributed by atoms with Crippen LogP contribution in [0.4, 0.5) is 15.8 Å². The highest BCUT2D eigenvalue weighted by Gasteiger charge is 2.20. The molecule has 0 bridgehead atoms. The Morgan fingerprint density at radius 2 is 2.35 bits per heavy atom. The molecule has 1 atom stereocenters. The van der Waals surface area contributed by atoms with Crippen molar-refractivity contribution in [3.63, 3.8) is 0 Å². The highest BCUT2D eigenvalue weighted by Crippen LogP contribution is 2.31. The predicted molar refractivity (Wildman–Crippen MR) is 63.8 cm³/mol. The van der Waals surface area contributed by atoms with E-state index in [-0.39, 0.29) is 10.8 Å². The van der Waals surface area contributed by atoms with Crippen LogP contribution in [0, 0.1) is 11.0 Å². The standard InChI is InChI=1S/C12H15FN2O2/c1-3-8(2)14-10-7-11-12(6-9(10)13)17-5-4-15(11)16/h6-7,15H,3-5H2,1-2H3. The molecule has 0 saturated heterocycles. The summed E-state index contributed by atoms with van der Waals surface area (Å²) in [5.41, 5.74) is 1.47. The summed E-state index contributed by atoms with van der Waals surface area (Å²) < 4.78 is 19.0. The van der Waals surface area contributed by atoms with Gasteiger partial charge < -0.3 is 15.0 Å². The molecular weight excluding hydrogens is 223 g/mol. The van der Waals surface area contributed by atoms with Crippen LogP contribution in [-0.2, 0) is 0 Å². The first-order valence-electron chi connectivity index (χ1n) is 5.65. The second-order valence-electron chi connectivity index (χ2n) is 4.02. The lowest BCUT2D eigenvalue weighted by Gasteiger charge is -2.28. The van der Waals surface area contributed by atoms with Crippen molar-refractivity contribution in [2.45, 2.75) is 20.3 Å². The predicted octanol–water partition coefficient (Wildman–Crippen LogP) is 1.73. The summed E-state index contributed by atoms with van der Waals surface area (Å²) in [6.07, 6.45) is 0.751. The van der Waals surface area contributed by atoms with Crippen LogP contribution >= 0.6 is 0 Å². The van der Waals surface area contributed by atoms with Crippen molar-refractivity contribution < 1.29 is 14.2 Å². The lowest BCUT2D eigenvalue weighted by Crippen LogP contribution is -3.03. The number of benzene rings is 1. The minimum atomic E-state index is -0.453. The average molecular weight is 238 g/mol. The maximum atomic E-state index is 13.7. The van der Waals surface area contributed by atoms with Gasteiger partial charge in [-0.05, 0) is 13.3 Å². The van der Waals surface area contributed by atoms with Gasteiger partial charge in [0.25, 0.3) is 0 Å². The Morgan fingerprint density at radius 1 is 1.59 bits per heavy atom. The minimum Gasteiger partial charge on any atom is -0.629 e. The van der Waals surface area contributed by atoms with Crippen molar-refractivity contribution >= 4 is 17.1 Å². The van der Waals surface area contributed by atoms with E-state index in [9.17, 15) is 9.60 Å². The van der Waals surface area contributed by atoms with E-state index in [0.29, 0.717) is 24.6 Å². The fourth-order valence-corrected chi connectivity index (χ4v) is 1.64. The molecule has 4 nitrogen and oxygen atoms in total. The zero-order valence-electron chi connectivity index (χ0n) is 9.92. The van der Waals surface area contributed by atoms with E-state index in [4.69, 9.17) is 4.74 Å². The molecule has 0 aromatic heterocycles. The summed E-state index contributed by atoms with van der Waals surface area (Å²) in [6, 6.07) is 2.72. The van der Waals surface area contributed by atoms with Crippen molar-refractivity contribution in [2.75, 3.05) is 13.2 Å². The van der Waals surface area contributed by atoms with Crippen LogP contribution in [0.1, 0.15) is 20.3 Å². The SMILES string of the molecule is CCC(C)=Nc1cc2c(cc1F)OCC[NH+]2[O-]. The Labute approximate surface area is 99.3 Å². The number of halogens is 1. The van der Waals surface area contributed by atoms with Crippen molar-refractivity contribution in [2.24, 2.45) is 4.99 Å². The number of rotatable bonds is 2. The van der Waals surface area contributed by atoms with Gasteiger partial charge >= 0.3 is 0 Å². The number of hydrogen-bond acceptors (Lipinski definition) is 3. The molecular formula is C12H15FN2O2. The van der Waals surface area contributed by atoms with Gasteiger partial charge in [0.05, 0.1) is 0 Å². The van der Waals surface area contributed by atoms with Gasteiger partial charge in [-0.1, -0.05) is 6.92 Å². The summed E-state index contributed by atoms with van der Waals surface area (Å²) >= 11 is 0. The van der Waals surface area contributed by atoms with Crippen LogP contribution < -0.4 is 9.80 Å². The maximum Gasteiger partial charge on any atom is 0.183 e. The molecule has 0 radical (unpaired) electrons. The van der Waals surface area contributed by atoms with E-state index in [1.54, 1.807) is 0 Å². The van der Waals surface area contributed by atoms with E-state index in [0.717, 1.165) is 12.1 Å². The summed E-state index contributed by atoms with van der Waals surface area (Å²) in [7, 11) is 0. The molecule has 17 heavy (non-hydrogen) atoms. The van der Waals surface area contributed by atoms with E-state index in [2.05, 4.69) is 4.99 Å². The maximum absolute atomic E-state index is 13.7. The van der Waals surface area contributed by atoms with E-state index in [1.807, 2.05) is 13.8 Å². The second kappa shape index (κ2) is 4.81. The molecule has 0 amide bonds. The number of ether oxygens (including phenoxy) is 1. The van der Waals surface area contributed by atoms with Gasteiger partial charge in [0.2, 0.25) is 0 Å². The van der Waals surface area contributed by atoms with E-state index >= 15 is 0 Å². The highest BCUT2D eigenvalue weighted by atomic mass is 19.1. The fourth-order valence-electron chi connectivity index (χ4n) is 1.64. The van der Waals surface area contributed by atoms with Gasteiger partial charge in [0, 0.05) is 17.8 Å². The molecule has 0 spiro atoms. The summed E-state index contributed by atoms with van der Waals surface area (Å²) in [5.74, 6) is -0.127. The molecule has 5 heteroatoms. The van der Waals surface area contributed by atoms with Gasteiger partial charge in [-0.2, -0.15) is 0 Å². The normalized spacial score (nSPS) is 19.8. The van der Waals surface area contributed by atoms with Crippen molar-refractivity contribution in [3.05, 3.63) is 23.2 Å². The third kappa shape index (κ3) is 2.45. The Bertz CT molecular complexity index is 460. The topological polar surface area (TPSA) is 49.1 Å². The quantitative estimate of drug-likeness (QED) is 0.630. The molecule has 2 rings (SSSR count). The van der Waals surface area contributed by atoms with Gasteiger partial charge in [-0.15, -0.1) is 0 Å². The zero-order valence-corrected chi connectivity index (χ0v) is 9.92. The first-order chi connectivity index (χ1) is 8.11. The first-order valence-corrected chi connectivity index (χ1v) is 5.65. The molecule has 1 aromatic carbocycles. The monoisotopic (exact) mass is 238 g/mol. The Hall–Kier alpha value is -1.46. The number of fused-ring (bicyclic) bond motifs is 1. The molecule has 1 unspecified atom stereocenters. The van der Waals surface area contributed by atoms with Crippen LogP contribution in [0.15, 0.2) is 17.1 Å². The molecule has 0 saturated carbocycles. The van der Waals surface area contributed by atoms with Crippen LogP contribution in [-0.4, -0.2) is 18.9 Å². The molecule has 1 heterocycles. The molecule has 1 aliphatic rings. The summed E-state index contributed by atoms with van der Waals surface area (Å²) in [4.78, 5) is 4.15. The van der Waals surface area contributed by atoms with Crippen molar-refractivity contribution in [3.8, 4) is 5.75 Å². The van der Waals surface area contributed by atoms with Gasteiger partial charge in [-0.3, -0.25) is 4.99 Å². The smallest absolute Gasteiger partial charge is 0.183 e. The average Bonchev–Trinajstić information content (AvgIpc) is 2.31. The first kappa shape index (κ1) is 12.0. The van der Waals surface area contributed by atoms with Crippen LogP contribution in [0.2, 0.25) is 0 Å². The highest BCUT2D eigenvalue weighted by molar-refractivity contribution is 5.84. The lowest BCUT2D eigenvalue weighted by atomic mass is 10.2. The molecule has 1 aliphatic heterocycles. The van der Waals surface area contributed by atoms with Crippen LogP contribution in [0.3, 0.4) is 0 Å². The van der Waals surface area contributed by atoms with Crippen molar-refractivity contribution in [1.82, 2.24) is 0 Å². The Kier molecular flexibility index (Phi) is 3.40. The van der Waals surface area contributed by atoms with Gasteiger partial charge in [-0.25, -0.2) is 4.39 Å². The third-order valence-electron chi connectivity index (χ3n) is 2.76. The Balaban J connectivity index is 2.45. The molecule has 92 valence electrons. The number of quaternary nitrogens is 1. The summed E-state index contributed by atoms with van der Waals surface area (Å²) in [5, 5.41) is 11.6. The molecule has 0 aliphatic carbocycles. The number of hydroxylamine groups is 1. The van der Waals surface area contributed by atoms with Crippen molar-refractivity contribution in [1.29, 1.82) is 0 Å². The van der Waals surface area contributed by atoms with Gasteiger partial charge in [0.15, 0.2) is 17.3 Å². The number of nitrogens with one attached hydrogen (secondary N) is 1. The fraction of sp³-hybridized carbons (Fsp3) is 0.417. The zero-order chi connectivity index (χ0) is 12.4. The van der Waals surface area contributed by atoms with E-state index < -0.39 is 5.82 Å². The van der Waals surface area contributed by atoms with Gasteiger partial charge in [0.1, 0.15) is 18.8 Å². The number of aliphatic imine (C=N–C) groups is 1. The molecule has 1 N–H and O–H groups in total. The van der Waals surface area contributed by atoms with E-state index in [1.165, 1.54) is 12.1 Å².